The first-order valence-corrected chi connectivity index (χ1v) is 5.10. The van der Waals surface area contributed by atoms with E-state index in [2.05, 4.69) is 5.32 Å². The van der Waals surface area contributed by atoms with Gasteiger partial charge in [0.05, 0.1) is 0 Å². The summed E-state index contributed by atoms with van der Waals surface area (Å²) in [6.07, 6.45) is -1.47. The molecule has 16 heavy (non-hydrogen) atoms. The smallest absolute Gasteiger partial charge is 0.224 e. The zero-order chi connectivity index (χ0) is 12.1. The fourth-order valence-electron chi connectivity index (χ4n) is 1.13. The molecule has 0 bridgehead atoms. The van der Waals surface area contributed by atoms with Crippen LogP contribution in [0.15, 0.2) is 30.3 Å². The third-order valence-electron chi connectivity index (χ3n) is 2.11. The minimum Gasteiger partial charge on any atom is -0.367 e. The molecule has 4 nitrogen and oxygen atoms in total. The van der Waals surface area contributed by atoms with E-state index in [0.717, 1.165) is 0 Å². The molecule has 0 aromatic heterocycles. The molecule has 0 radical (unpaired) electrons. The van der Waals surface area contributed by atoms with Crippen LogP contribution in [0.5, 0.6) is 0 Å². The number of rotatable bonds is 4. The highest BCUT2D eigenvalue weighted by atomic mass is 16.3. The lowest BCUT2D eigenvalue weighted by Crippen LogP contribution is -2.42. The first-order valence-electron chi connectivity index (χ1n) is 5.10. The van der Waals surface area contributed by atoms with Gasteiger partial charge >= 0.3 is 0 Å². The van der Waals surface area contributed by atoms with Crippen molar-refractivity contribution in [2.75, 3.05) is 0 Å². The number of carbonyl (C=O) groups is 2. The van der Waals surface area contributed by atoms with E-state index in [4.69, 9.17) is 0 Å². The summed E-state index contributed by atoms with van der Waals surface area (Å²) >= 11 is 0. The molecule has 1 rings (SSSR count). The highest BCUT2D eigenvalue weighted by Crippen LogP contribution is 2.03. The Balaban J connectivity index is 2.65. The molecule has 0 aliphatic heterocycles. The van der Waals surface area contributed by atoms with Crippen molar-refractivity contribution in [3.8, 4) is 0 Å². The third kappa shape index (κ3) is 3.17. The summed E-state index contributed by atoms with van der Waals surface area (Å²) in [5.41, 5.74) is 0.374. The van der Waals surface area contributed by atoms with Gasteiger partial charge in [-0.15, -0.1) is 0 Å². The van der Waals surface area contributed by atoms with Crippen molar-refractivity contribution in [2.45, 2.75) is 20.1 Å². The molecule has 2 N–H and O–H groups in total. The summed E-state index contributed by atoms with van der Waals surface area (Å²) in [6.45, 7) is 3.38. The van der Waals surface area contributed by atoms with Crippen LogP contribution in [0.25, 0.3) is 0 Å². The second-order valence-corrected chi connectivity index (χ2v) is 3.80. The number of benzene rings is 1. The predicted molar refractivity (Wildman–Crippen MR) is 59.8 cm³/mol. The van der Waals surface area contributed by atoms with Gasteiger partial charge in [0, 0.05) is 11.5 Å². The molecule has 0 saturated carbocycles. The lowest BCUT2D eigenvalue weighted by atomic mass is 10.1. The molecular formula is C12H15NO3. The van der Waals surface area contributed by atoms with E-state index in [9.17, 15) is 14.7 Å². The van der Waals surface area contributed by atoms with Crippen molar-refractivity contribution < 1.29 is 14.7 Å². The van der Waals surface area contributed by atoms with Crippen LogP contribution in [-0.4, -0.2) is 23.0 Å². The maximum Gasteiger partial charge on any atom is 0.224 e. The number of nitrogens with one attached hydrogen (secondary N) is 1. The Kier molecular flexibility index (Phi) is 4.19. The quantitative estimate of drug-likeness (QED) is 0.588. The van der Waals surface area contributed by atoms with Gasteiger partial charge in [-0.25, -0.2) is 0 Å². The maximum atomic E-state index is 11.6. The molecule has 0 aliphatic rings. The molecule has 1 unspecified atom stereocenters. The van der Waals surface area contributed by atoms with E-state index < -0.39 is 12.0 Å². The highest BCUT2D eigenvalue weighted by molar-refractivity contribution is 6.00. The third-order valence-corrected chi connectivity index (χ3v) is 2.11. The molecule has 0 spiro atoms. The van der Waals surface area contributed by atoms with Crippen LogP contribution >= 0.6 is 0 Å². The highest BCUT2D eigenvalue weighted by Gasteiger charge is 2.20. The van der Waals surface area contributed by atoms with E-state index in [0.29, 0.717) is 5.56 Å². The van der Waals surface area contributed by atoms with E-state index in [-0.39, 0.29) is 11.8 Å². The van der Waals surface area contributed by atoms with Gasteiger partial charge in [-0.3, -0.25) is 9.59 Å². The molecule has 1 atom stereocenters. The number of amides is 1. The van der Waals surface area contributed by atoms with Crippen molar-refractivity contribution in [1.29, 1.82) is 0 Å². The van der Waals surface area contributed by atoms with Gasteiger partial charge in [-0.1, -0.05) is 44.2 Å². The molecule has 0 aliphatic carbocycles. The number of hydrogen-bond acceptors (Lipinski definition) is 3. The van der Waals surface area contributed by atoms with Gasteiger partial charge in [0.1, 0.15) is 0 Å². The molecule has 86 valence electrons. The summed E-state index contributed by atoms with van der Waals surface area (Å²) in [5, 5.41) is 11.8. The molecule has 1 aromatic carbocycles. The van der Waals surface area contributed by atoms with Gasteiger partial charge in [-0.2, -0.15) is 0 Å². The summed E-state index contributed by atoms with van der Waals surface area (Å²) < 4.78 is 0. The second-order valence-electron chi connectivity index (χ2n) is 3.80. The first kappa shape index (κ1) is 12.4. The lowest BCUT2D eigenvalue weighted by Gasteiger charge is -2.13. The topological polar surface area (TPSA) is 66.4 Å². The number of Topliss-reactive ketones (excluding diaryl/α,β-unsaturated/α-hetero) is 1. The van der Waals surface area contributed by atoms with Crippen LogP contribution in [0.1, 0.15) is 24.2 Å². The standard InChI is InChI=1S/C12H15NO3/c1-8(2)11(15)13-12(16)10(14)9-6-4-3-5-7-9/h3-8,12,16H,1-2H3,(H,13,15). The molecule has 1 aromatic rings. The molecule has 1 amide bonds. The van der Waals surface area contributed by atoms with Gasteiger partial charge in [-0.05, 0) is 0 Å². The Morgan fingerprint density at radius 2 is 1.75 bits per heavy atom. The molecule has 4 heteroatoms. The van der Waals surface area contributed by atoms with Gasteiger partial charge in [0.25, 0.3) is 0 Å². The monoisotopic (exact) mass is 221 g/mol. The summed E-state index contributed by atoms with van der Waals surface area (Å²) in [6, 6.07) is 8.35. The van der Waals surface area contributed by atoms with E-state index >= 15 is 0 Å². The van der Waals surface area contributed by atoms with Gasteiger partial charge < -0.3 is 10.4 Å². The van der Waals surface area contributed by atoms with Crippen molar-refractivity contribution in [3.05, 3.63) is 35.9 Å². The van der Waals surface area contributed by atoms with E-state index in [1.807, 2.05) is 0 Å². The zero-order valence-corrected chi connectivity index (χ0v) is 9.31. The average Bonchev–Trinajstić information content (AvgIpc) is 2.28. The average molecular weight is 221 g/mol. The van der Waals surface area contributed by atoms with Crippen molar-refractivity contribution >= 4 is 11.7 Å². The Labute approximate surface area is 94.3 Å². The summed E-state index contributed by atoms with van der Waals surface area (Å²) in [4.78, 5) is 22.9. The number of aliphatic hydroxyl groups is 1. The first-order chi connectivity index (χ1) is 7.52. The Hall–Kier alpha value is -1.68. The van der Waals surface area contributed by atoms with Crippen LogP contribution in [0.3, 0.4) is 0 Å². The summed E-state index contributed by atoms with van der Waals surface area (Å²) in [7, 11) is 0. The Bertz CT molecular complexity index is 373. The fourth-order valence-corrected chi connectivity index (χ4v) is 1.13. The Morgan fingerprint density at radius 1 is 1.19 bits per heavy atom. The van der Waals surface area contributed by atoms with Gasteiger partial charge in [0.2, 0.25) is 11.7 Å². The minimum atomic E-state index is -1.47. The van der Waals surface area contributed by atoms with Crippen molar-refractivity contribution in [1.82, 2.24) is 5.32 Å². The van der Waals surface area contributed by atoms with Crippen LogP contribution in [-0.2, 0) is 4.79 Å². The molecule has 0 heterocycles. The summed E-state index contributed by atoms with van der Waals surface area (Å²) in [5.74, 6) is -1.12. The Morgan fingerprint density at radius 3 is 2.25 bits per heavy atom. The molecule has 0 fully saturated rings. The van der Waals surface area contributed by atoms with Crippen molar-refractivity contribution in [2.24, 2.45) is 5.92 Å². The van der Waals surface area contributed by atoms with Crippen LogP contribution in [0, 0.1) is 5.92 Å². The number of aliphatic hydroxyl groups excluding tert-OH is 1. The normalized spacial score (nSPS) is 12.2. The number of ketones is 1. The van der Waals surface area contributed by atoms with Crippen molar-refractivity contribution in [3.63, 3.8) is 0 Å². The molecule has 0 saturated heterocycles. The number of hydrogen-bond donors (Lipinski definition) is 2. The van der Waals surface area contributed by atoms with Crippen LogP contribution in [0.4, 0.5) is 0 Å². The fraction of sp³-hybridized carbons (Fsp3) is 0.333. The number of carbonyl (C=O) groups excluding carboxylic acids is 2. The molecular weight excluding hydrogens is 206 g/mol. The predicted octanol–water partition coefficient (Wildman–Crippen LogP) is 0.960. The van der Waals surface area contributed by atoms with Gasteiger partial charge in [0.15, 0.2) is 6.23 Å². The SMILES string of the molecule is CC(C)C(=O)NC(O)C(=O)c1ccccc1. The van der Waals surface area contributed by atoms with E-state index in [1.54, 1.807) is 44.2 Å². The van der Waals surface area contributed by atoms with Crippen LogP contribution < -0.4 is 5.32 Å². The second kappa shape index (κ2) is 5.42. The minimum absolute atomic E-state index is 0.266. The lowest BCUT2D eigenvalue weighted by molar-refractivity contribution is -0.126. The largest absolute Gasteiger partial charge is 0.367 e. The maximum absolute atomic E-state index is 11.6. The van der Waals surface area contributed by atoms with E-state index in [1.165, 1.54) is 0 Å². The van der Waals surface area contributed by atoms with Crippen LogP contribution in [0.2, 0.25) is 0 Å². The zero-order valence-electron chi connectivity index (χ0n) is 9.31.